The van der Waals surface area contributed by atoms with Crippen molar-refractivity contribution in [3.63, 3.8) is 0 Å². The predicted octanol–water partition coefficient (Wildman–Crippen LogP) is 3.23. The van der Waals surface area contributed by atoms with Crippen molar-refractivity contribution in [2.45, 2.75) is 57.5 Å². The van der Waals surface area contributed by atoms with E-state index in [1.165, 1.54) is 51.7 Å². The fraction of sp³-hybridized carbons (Fsp3) is 0.667. The highest BCUT2D eigenvalue weighted by atomic mass is 16.1. The molecule has 1 N–H and O–H groups in total. The maximum atomic E-state index is 12.5. The van der Waals surface area contributed by atoms with E-state index in [4.69, 9.17) is 0 Å². The molecule has 1 atom stereocenters. The lowest BCUT2D eigenvalue weighted by molar-refractivity contribution is -0.126. The van der Waals surface area contributed by atoms with E-state index in [0.717, 1.165) is 43.5 Å². The first kappa shape index (κ1) is 20.5. The summed E-state index contributed by atoms with van der Waals surface area (Å²) in [4.78, 5) is 22.0. The Morgan fingerprint density at radius 2 is 1.90 bits per heavy atom. The fourth-order valence-corrected chi connectivity index (χ4v) is 5.22. The Bertz CT molecular complexity index is 661. The van der Waals surface area contributed by atoms with E-state index in [2.05, 4.69) is 32.3 Å². The molecule has 29 heavy (non-hydrogen) atoms. The molecule has 0 spiro atoms. The molecule has 3 aliphatic rings. The molecule has 0 unspecified atom stereocenters. The number of hydrogen-bond donors (Lipinski definition) is 1. The second-order valence-electron chi connectivity index (χ2n) is 9.07. The molecule has 2 aliphatic heterocycles. The lowest BCUT2D eigenvalue weighted by Gasteiger charge is -2.42. The summed E-state index contributed by atoms with van der Waals surface area (Å²) in [5, 5.41) is 3.10. The van der Waals surface area contributed by atoms with Crippen molar-refractivity contribution in [1.29, 1.82) is 0 Å². The van der Waals surface area contributed by atoms with E-state index in [1.54, 1.807) is 6.20 Å². The molecule has 0 bridgehead atoms. The number of carbonyl (C=O) groups is 1. The van der Waals surface area contributed by atoms with E-state index >= 15 is 0 Å². The van der Waals surface area contributed by atoms with Gasteiger partial charge in [0.1, 0.15) is 0 Å². The lowest BCUT2D eigenvalue weighted by Crippen LogP contribution is -2.49. The van der Waals surface area contributed by atoms with Gasteiger partial charge in [0, 0.05) is 37.4 Å². The second kappa shape index (κ2) is 10.4. The normalized spacial score (nSPS) is 25.2. The number of pyridine rings is 1. The minimum absolute atomic E-state index is 0.169. The van der Waals surface area contributed by atoms with Crippen molar-refractivity contribution in [3.05, 3.63) is 42.2 Å². The Balaban J connectivity index is 1.14. The first-order valence-corrected chi connectivity index (χ1v) is 11.6. The number of nitrogens with one attached hydrogen (secondary N) is 1. The molecule has 158 valence electrons. The van der Waals surface area contributed by atoms with E-state index in [1.807, 2.05) is 18.3 Å². The van der Waals surface area contributed by atoms with Crippen molar-refractivity contribution < 1.29 is 4.79 Å². The minimum atomic E-state index is 0.169. The third-order valence-electron chi connectivity index (χ3n) is 7.06. The van der Waals surface area contributed by atoms with Gasteiger partial charge in [0.25, 0.3) is 0 Å². The van der Waals surface area contributed by atoms with Crippen LogP contribution in [0.5, 0.6) is 0 Å². The standard InChI is InChI=1S/C24H36N4O/c29-24(26-18-21-7-4-12-25-17-21)22-8-15-28(16-9-22)23-10-13-27(14-11-23)19-20-5-2-1-3-6-20/h1-2,4,7,12,17,20,22-23H,3,5-6,8-11,13-16,18-19H2,(H,26,29)/t20-/m1/s1. The van der Waals surface area contributed by atoms with Gasteiger partial charge >= 0.3 is 0 Å². The maximum Gasteiger partial charge on any atom is 0.223 e. The third kappa shape index (κ3) is 5.89. The van der Waals surface area contributed by atoms with Crippen molar-refractivity contribution in [3.8, 4) is 0 Å². The van der Waals surface area contributed by atoms with Gasteiger partial charge in [0.2, 0.25) is 5.91 Å². The first-order chi connectivity index (χ1) is 14.3. The number of piperidine rings is 2. The summed E-state index contributed by atoms with van der Waals surface area (Å²) in [6.45, 7) is 6.51. The summed E-state index contributed by atoms with van der Waals surface area (Å²) in [7, 11) is 0. The van der Waals surface area contributed by atoms with E-state index in [-0.39, 0.29) is 11.8 Å². The molecule has 2 fully saturated rings. The van der Waals surface area contributed by atoms with Crippen LogP contribution in [0, 0.1) is 11.8 Å². The highest BCUT2D eigenvalue weighted by Crippen LogP contribution is 2.26. The van der Waals surface area contributed by atoms with Crippen LogP contribution in [0.15, 0.2) is 36.7 Å². The van der Waals surface area contributed by atoms with Crippen LogP contribution in [0.25, 0.3) is 0 Å². The first-order valence-electron chi connectivity index (χ1n) is 11.6. The van der Waals surface area contributed by atoms with Gasteiger partial charge in [0.05, 0.1) is 0 Å². The Hall–Kier alpha value is -1.72. The number of amides is 1. The van der Waals surface area contributed by atoms with E-state index in [0.29, 0.717) is 6.54 Å². The number of hydrogen-bond acceptors (Lipinski definition) is 4. The quantitative estimate of drug-likeness (QED) is 0.750. The van der Waals surface area contributed by atoms with Crippen LogP contribution < -0.4 is 5.32 Å². The SMILES string of the molecule is O=C(NCc1cccnc1)C1CCN(C2CCN(C[C@@H]3CC=CCC3)CC2)CC1. The third-order valence-corrected chi connectivity index (χ3v) is 7.06. The molecular weight excluding hydrogens is 360 g/mol. The Morgan fingerprint density at radius 3 is 2.59 bits per heavy atom. The number of allylic oxidation sites excluding steroid dienone is 2. The molecule has 5 nitrogen and oxygen atoms in total. The summed E-state index contributed by atoms with van der Waals surface area (Å²) < 4.78 is 0. The topological polar surface area (TPSA) is 48.5 Å². The molecule has 5 heteroatoms. The average Bonchev–Trinajstić information content (AvgIpc) is 2.79. The molecule has 0 radical (unpaired) electrons. The minimum Gasteiger partial charge on any atom is -0.352 e. The van der Waals surface area contributed by atoms with Gasteiger partial charge in [-0.1, -0.05) is 18.2 Å². The second-order valence-corrected chi connectivity index (χ2v) is 9.07. The van der Waals surface area contributed by atoms with Crippen LogP contribution in [0.4, 0.5) is 0 Å². The zero-order chi connectivity index (χ0) is 19.9. The summed E-state index contributed by atoms with van der Waals surface area (Å²) in [6.07, 6.45) is 16.8. The summed E-state index contributed by atoms with van der Waals surface area (Å²) in [6, 6.07) is 4.64. The average molecular weight is 397 g/mol. The van der Waals surface area contributed by atoms with Gasteiger partial charge in [0.15, 0.2) is 0 Å². The Morgan fingerprint density at radius 1 is 1.07 bits per heavy atom. The predicted molar refractivity (Wildman–Crippen MR) is 116 cm³/mol. The molecule has 1 amide bonds. The molecule has 0 saturated carbocycles. The van der Waals surface area contributed by atoms with Crippen LogP contribution in [-0.4, -0.2) is 59.5 Å². The molecular formula is C24H36N4O. The van der Waals surface area contributed by atoms with Gasteiger partial charge in [-0.3, -0.25) is 9.78 Å². The van der Waals surface area contributed by atoms with Crippen molar-refractivity contribution >= 4 is 5.91 Å². The zero-order valence-corrected chi connectivity index (χ0v) is 17.6. The number of nitrogens with zero attached hydrogens (tertiary/aromatic N) is 3. The largest absolute Gasteiger partial charge is 0.352 e. The maximum absolute atomic E-state index is 12.5. The highest BCUT2D eigenvalue weighted by molar-refractivity contribution is 5.78. The van der Waals surface area contributed by atoms with Crippen molar-refractivity contribution in [2.24, 2.45) is 11.8 Å². The van der Waals surface area contributed by atoms with Gasteiger partial charge in [-0.05, 0) is 88.7 Å². The summed E-state index contributed by atoms with van der Waals surface area (Å²) in [5.74, 6) is 1.25. The highest BCUT2D eigenvalue weighted by Gasteiger charge is 2.31. The molecule has 1 aliphatic carbocycles. The smallest absolute Gasteiger partial charge is 0.223 e. The Labute approximate surface area is 175 Å². The van der Waals surface area contributed by atoms with Gasteiger partial charge < -0.3 is 15.1 Å². The lowest BCUT2D eigenvalue weighted by atomic mass is 9.91. The number of rotatable bonds is 6. The monoisotopic (exact) mass is 396 g/mol. The van der Waals surface area contributed by atoms with E-state index < -0.39 is 0 Å². The molecule has 0 aromatic carbocycles. The van der Waals surface area contributed by atoms with Gasteiger partial charge in [-0.2, -0.15) is 0 Å². The van der Waals surface area contributed by atoms with Crippen molar-refractivity contribution in [1.82, 2.24) is 20.1 Å². The Kier molecular flexibility index (Phi) is 7.33. The van der Waals surface area contributed by atoms with Crippen molar-refractivity contribution in [2.75, 3.05) is 32.7 Å². The molecule has 4 rings (SSSR count). The summed E-state index contributed by atoms with van der Waals surface area (Å²) in [5.41, 5.74) is 1.06. The van der Waals surface area contributed by atoms with Crippen LogP contribution in [-0.2, 0) is 11.3 Å². The molecule has 1 aromatic rings. The van der Waals surface area contributed by atoms with Crippen LogP contribution in [0.1, 0.15) is 50.5 Å². The summed E-state index contributed by atoms with van der Waals surface area (Å²) >= 11 is 0. The molecule has 3 heterocycles. The van der Waals surface area contributed by atoms with E-state index in [9.17, 15) is 4.79 Å². The van der Waals surface area contributed by atoms with Gasteiger partial charge in [-0.15, -0.1) is 0 Å². The number of aromatic nitrogens is 1. The fourth-order valence-electron chi connectivity index (χ4n) is 5.22. The molecule has 1 aromatic heterocycles. The zero-order valence-electron chi connectivity index (χ0n) is 17.6. The van der Waals surface area contributed by atoms with Crippen LogP contribution in [0.2, 0.25) is 0 Å². The molecule has 2 saturated heterocycles. The van der Waals surface area contributed by atoms with Crippen LogP contribution in [0.3, 0.4) is 0 Å². The van der Waals surface area contributed by atoms with Crippen LogP contribution >= 0.6 is 0 Å². The number of carbonyl (C=O) groups excluding carboxylic acids is 1. The van der Waals surface area contributed by atoms with Gasteiger partial charge in [-0.25, -0.2) is 0 Å². The number of likely N-dealkylation sites (tertiary alicyclic amines) is 2.